The molecule has 0 aliphatic carbocycles. The van der Waals surface area contributed by atoms with E-state index in [-0.39, 0.29) is 0 Å². The molecule has 1 aromatic heterocycles. The largest absolute Gasteiger partial charge is 0.497 e. The summed E-state index contributed by atoms with van der Waals surface area (Å²) in [6.45, 7) is 2.22. The predicted molar refractivity (Wildman–Crippen MR) is 111 cm³/mol. The van der Waals surface area contributed by atoms with E-state index in [1.807, 2.05) is 12.1 Å². The van der Waals surface area contributed by atoms with Crippen molar-refractivity contribution in [2.45, 2.75) is 26.2 Å². The van der Waals surface area contributed by atoms with Crippen molar-refractivity contribution in [3.63, 3.8) is 0 Å². The van der Waals surface area contributed by atoms with Crippen molar-refractivity contribution >= 4 is 11.5 Å². The highest BCUT2D eigenvalue weighted by Gasteiger charge is 2.17. The summed E-state index contributed by atoms with van der Waals surface area (Å²) in [5.74, 6) is 2.04. The van der Waals surface area contributed by atoms with Crippen molar-refractivity contribution in [2.75, 3.05) is 21.3 Å². The molecule has 0 N–H and O–H groups in total. The zero-order valence-corrected chi connectivity index (χ0v) is 17.1. The number of nitrogens with zero attached hydrogens (tertiary/aromatic N) is 1. The molecule has 5 heteroatoms. The smallest absolute Gasteiger partial charge is 0.169 e. The van der Waals surface area contributed by atoms with E-state index in [1.54, 1.807) is 21.3 Å². The first-order chi connectivity index (χ1) is 13.2. The lowest BCUT2D eigenvalue weighted by atomic mass is 10.0. The number of rotatable bonds is 8. The number of aryl methyl sites for hydroxylation is 1. The Morgan fingerprint density at radius 2 is 1.70 bits per heavy atom. The highest BCUT2D eigenvalue weighted by atomic mass is 32.1. The Hall–Kier alpha value is -2.53. The zero-order chi connectivity index (χ0) is 19.2. The Kier molecular flexibility index (Phi) is 6.35. The van der Waals surface area contributed by atoms with Crippen LogP contribution in [0.25, 0.3) is 21.7 Å². The van der Waals surface area contributed by atoms with Gasteiger partial charge in [-0.05, 0) is 42.1 Å². The van der Waals surface area contributed by atoms with Crippen LogP contribution in [0.4, 0.5) is 0 Å². The quantitative estimate of drug-likeness (QED) is 0.489. The topological polar surface area (TPSA) is 40.6 Å². The molecular weight excluding hydrogens is 358 g/mol. The van der Waals surface area contributed by atoms with Gasteiger partial charge in [-0.2, -0.15) is 4.37 Å². The van der Waals surface area contributed by atoms with Crippen molar-refractivity contribution in [1.82, 2.24) is 4.37 Å². The third-order valence-electron chi connectivity index (χ3n) is 4.53. The van der Waals surface area contributed by atoms with Crippen LogP contribution in [0.1, 0.15) is 25.3 Å². The first-order valence-corrected chi connectivity index (χ1v) is 9.83. The summed E-state index contributed by atoms with van der Waals surface area (Å²) < 4.78 is 21.1. The summed E-state index contributed by atoms with van der Waals surface area (Å²) in [4.78, 5) is 1.01. The van der Waals surface area contributed by atoms with E-state index in [0.717, 1.165) is 33.9 Å². The molecule has 0 saturated heterocycles. The van der Waals surface area contributed by atoms with E-state index in [9.17, 15) is 0 Å². The van der Waals surface area contributed by atoms with E-state index < -0.39 is 0 Å². The third kappa shape index (κ3) is 4.25. The number of hydrogen-bond acceptors (Lipinski definition) is 5. The number of ether oxygens (including phenoxy) is 3. The van der Waals surface area contributed by atoms with E-state index in [2.05, 4.69) is 41.6 Å². The molecule has 0 aliphatic rings. The highest BCUT2D eigenvalue weighted by Crippen LogP contribution is 2.43. The van der Waals surface area contributed by atoms with Gasteiger partial charge in [0.1, 0.15) is 5.75 Å². The molecule has 3 aromatic rings. The number of hydrogen-bond donors (Lipinski definition) is 0. The van der Waals surface area contributed by atoms with E-state index in [1.165, 1.54) is 29.9 Å². The van der Waals surface area contributed by atoms with Gasteiger partial charge in [0.2, 0.25) is 0 Å². The summed E-state index contributed by atoms with van der Waals surface area (Å²) in [6.07, 6.45) is 3.56. The zero-order valence-electron chi connectivity index (χ0n) is 16.2. The molecule has 0 aliphatic heterocycles. The van der Waals surface area contributed by atoms with Crippen molar-refractivity contribution in [2.24, 2.45) is 0 Å². The molecule has 0 radical (unpaired) electrons. The predicted octanol–water partition coefficient (Wildman–Crippen LogP) is 5.85. The van der Waals surface area contributed by atoms with Gasteiger partial charge in [-0.1, -0.05) is 37.6 Å². The Morgan fingerprint density at radius 1 is 0.926 bits per heavy atom. The van der Waals surface area contributed by atoms with Gasteiger partial charge in [-0.25, -0.2) is 0 Å². The fraction of sp³-hybridized carbons (Fsp3) is 0.318. The molecule has 1 heterocycles. The lowest BCUT2D eigenvalue weighted by Crippen LogP contribution is -1.94. The average Bonchev–Trinajstić information content (AvgIpc) is 3.21. The summed E-state index contributed by atoms with van der Waals surface area (Å²) in [6, 6.07) is 14.5. The molecule has 0 spiro atoms. The molecule has 0 atom stereocenters. The summed E-state index contributed by atoms with van der Waals surface area (Å²) >= 11 is 1.44. The Balaban J connectivity index is 1.94. The molecular formula is C22H25NO3S. The highest BCUT2D eigenvalue weighted by molar-refractivity contribution is 7.09. The average molecular weight is 384 g/mol. The van der Waals surface area contributed by atoms with Gasteiger partial charge < -0.3 is 14.2 Å². The molecule has 0 amide bonds. The first kappa shape index (κ1) is 19.2. The van der Waals surface area contributed by atoms with Gasteiger partial charge in [0, 0.05) is 17.2 Å². The van der Waals surface area contributed by atoms with Crippen LogP contribution in [0.3, 0.4) is 0 Å². The Bertz CT molecular complexity index is 887. The SMILES string of the molecule is CCCCc1ccc(-c2cc(-c3cc(OC)cc(OC)c3OC)sn2)cc1. The molecule has 4 nitrogen and oxygen atoms in total. The van der Waals surface area contributed by atoms with Gasteiger partial charge in [0.15, 0.2) is 11.5 Å². The molecule has 0 bridgehead atoms. The molecule has 0 unspecified atom stereocenters. The van der Waals surface area contributed by atoms with Crippen molar-refractivity contribution < 1.29 is 14.2 Å². The molecule has 0 saturated carbocycles. The van der Waals surface area contributed by atoms with Crippen molar-refractivity contribution in [3.05, 3.63) is 48.0 Å². The summed E-state index contributed by atoms with van der Waals surface area (Å²) in [7, 11) is 4.91. The van der Waals surface area contributed by atoms with Crippen LogP contribution >= 0.6 is 11.5 Å². The third-order valence-corrected chi connectivity index (χ3v) is 5.35. The van der Waals surface area contributed by atoms with Crippen molar-refractivity contribution in [1.29, 1.82) is 0 Å². The number of aromatic nitrogens is 1. The minimum atomic E-state index is 0.641. The van der Waals surface area contributed by atoms with E-state index in [0.29, 0.717) is 11.5 Å². The standard InChI is InChI=1S/C22H25NO3S/c1-5-6-7-15-8-10-16(11-9-15)19-14-21(27-23-19)18-12-17(24-2)13-20(25-3)22(18)26-4/h8-14H,5-7H2,1-4H3. The maximum Gasteiger partial charge on any atom is 0.169 e. The van der Waals surface area contributed by atoms with Gasteiger partial charge in [0.05, 0.1) is 31.9 Å². The molecule has 27 heavy (non-hydrogen) atoms. The normalized spacial score (nSPS) is 10.7. The van der Waals surface area contributed by atoms with Gasteiger partial charge in [0.25, 0.3) is 0 Å². The van der Waals surface area contributed by atoms with Crippen LogP contribution in [0.5, 0.6) is 17.2 Å². The molecule has 2 aromatic carbocycles. The summed E-state index contributed by atoms with van der Waals surface area (Å²) in [5.41, 5.74) is 4.36. The minimum absolute atomic E-state index is 0.641. The fourth-order valence-corrected chi connectivity index (χ4v) is 3.77. The van der Waals surface area contributed by atoms with Crippen LogP contribution in [-0.4, -0.2) is 25.7 Å². The second-order valence-electron chi connectivity index (χ2n) is 6.29. The monoisotopic (exact) mass is 383 g/mol. The number of benzene rings is 2. The number of unbranched alkanes of at least 4 members (excludes halogenated alkanes) is 1. The van der Waals surface area contributed by atoms with Crippen LogP contribution in [0.15, 0.2) is 42.5 Å². The maximum absolute atomic E-state index is 5.59. The lowest BCUT2D eigenvalue weighted by Gasteiger charge is -2.13. The number of methoxy groups -OCH3 is 3. The van der Waals surface area contributed by atoms with Crippen molar-refractivity contribution in [3.8, 4) is 38.9 Å². The van der Waals surface area contributed by atoms with Crippen LogP contribution in [-0.2, 0) is 6.42 Å². The van der Waals surface area contributed by atoms with Crippen LogP contribution < -0.4 is 14.2 Å². The van der Waals surface area contributed by atoms with Crippen LogP contribution in [0, 0.1) is 0 Å². The van der Waals surface area contributed by atoms with E-state index >= 15 is 0 Å². The fourth-order valence-electron chi connectivity index (χ4n) is 3.00. The minimum Gasteiger partial charge on any atom is -0.497 e. The maximum atomic E-state index is 5.59. The van der Waals surface area contributed by atoms with Gasteiger partial charge in [-0.15, -0.1) is 0 Å². The lowest BCUT2D eigenvalue weighted by molar-refractivity contribution is 0.350. The second-order valence-corrected chi connectivity index (χ2v) is 7.09. The van der Waals surface area contributed by atoms with Gasteiger partial charge >= 0.3 is 0 Å². The molecule has 0 fully saturated rings. The molecule has 142 valence electrons. The summed E-state index contributed by atoms with van der Waals surface area (Å²) in [5, 5.41) is 0. The second kappa shape index (κ2) is 8.91. The van der Waals surface area contributed by atoms with Gasteiger partial charge in [-0.3, -0.25) is 0 Å². The van der Waals surface area contributed by atoms with Crippen LogP contribution in [0.2, 0.25) is 0 Å². The Labute approximate surface area is 164 Å². The Morgan fingerprint density at radius 3 is 2.33 bits per heavy atom. The van der Waals surface area contributed by atoms with E-state index in [4.69, 9.17) is 14.2 Å². The first-order valence-electron chi connectivity index (χ1n) is 9.06. The molecule has 3 rings (SSSR count).